The van der Waals surface area contributed by atoms with Crippen molar-refractivity contribution in [3.63, 3.8) is 0 Å². The number of likely N-dealkylation sites (tertiary alicyclic amines) is 1. The van der Waals surface area contributed by atoms with Crippen molar-refractivity contribution in [2.45, 2.75) is 26.3 Å². The molecular weight excluding hydrogens is 212 g/mol. The minimum absolute atomic E-state index is 0.493. The highest BCUT2D eigenvalue weighted by Crippen LogP contribution is 2.16. The largest absolute Gasteiger partial charge is 0.379 e. The number of rotatable bonds is 2. The fourth-order valence-electron chi connectivity index (χ4n) is 2.56. The fraction of sp³-hybridized carbons (Fsp3) is 0.857. The second-order valence-electron chi connectivity index (χ2n) is 5.30. The Kier molecular flexibility index (Phi) is 4.85. The van der Waals surface area contributed by atoms with Gasteiger partial charge in [0.15, 0.2) is 0 Å². The van der Waals surface area contributed by atoms with Gasteiger partial charge in [0, 0.05) is 38.1 Å². The number of hydrogen-bond donors (Lipinski definition) is 0. The van der Waals surface area contributed by atoms with Crippen LogP contribution in [0.2, 0.25) is 0 Å². The molecule has 1 unspecified atom stereocenters. The molecule has 3 heteroatoms. The third kappa shape index (κ3) is 3.99. The molecule has 1 atom stereocenters. The Morgan fingerprint density at radius 1 is 1.24 bits per heavy atom. The highest BCUT2D eigenvalue weighted by molar-refractivity contribution is 5.04. The van der Waals surface area contributed by atoms with E-state index in [1.807, 2.05) is 0 Å². The zero-order chi connectivity index (χ0) is 12.1. The van der Waals surface area contributed by atoms with Gasteiger partial charge in [0.2, 0.25) is 0 Å². The first kappa shape index (κ1) is 12.9. The maximum absolute atomic E-state index is 5.40. The average molecular weight is 236 g/mol. The molecule has 2 fully saturated rings. The molecule has 2 rings (SSSR count). The summed E-state index contributed by atoms with van der Waals surface area (Å²) in [6.07, 6.45) is 1.29. The first-order chi connectivity index (χ1) is 8.25. The van der Waals surface area contributed by atoms with Crippen molar-refractivity contribution in [3.8, 4) is 11.8 Å². The summed E-state index contributed by atoms with van der Waals surface area (Å²) in [7, 11) is 0. The van der Waals surface area contributed by atoms with Gasteiger partial charge in [-0.25, -0.2) is 0 Å². The van der Waals surface area contributed by atoms with Crippen molar-refractivity contribution < 1.29 is 4.74 Å². The van der Waals surface area contributed by atoms with Crippen LogP contribution in [0.25, 0.3) is 0 Å². The molecule has 0 amide bonds. The molecule has 2 saturated heterocycles. The lowest BCUT2D eigenvalue weighted by atomic mass is 10.2. The monoisotopic (exact) mass is 236 g/mol. The maximum Gasteiger partial charge on any atom is 0.0602 e. The molecule has 0 spiro atoms. The number of nitrogens with zero attached hydrogens (tertiary/aromatic N) is 2. The van der Waals surface area contributed by atoms with Gasteiger partial charge in [-0.1, -0.05) is 25.7 Å². The van der Waals surface area contributed by atoms with Crippen LogP contribution >= 0.6 is 0 Å². The van der Waals surface area contributed by atoms with E-state index in [4.69, 9.17) is 4.74 Å². The van der Waals surface area contributed by atoms with Gasteiger partial charge in [-0.15, -0.1) is 0 Å². The average Bonchev–Trinajstić information content (AvgIpc) is 2.78. The molecule has 2 aliphatic rings. The first-order valence-corrected chi connectivity index (χ1v) is 6.78. The van der Waals surface area contributed by atoms with Gasteiger partial charge < -0.3 is 4.74 Å². The summed E-state index contributed by atoms with van der Waals surface area (Å²) >= 11 is 0. The van der Waals surface area contributed by atoms with Crippen LogP contribution in [0.5, 0.6) is 0 Å². The van der Waals surface area contributed by atoms with Crippen molar-refractivity contribution in [3.05, 3.63) is 0 Å². The lowest BCUT2D eigenvalue weighted by molar-refractivity contribution is 0.0187. The Balaban J connectivity index is 1.73. The summed E-state index contributed by atoms with van der Waals surface area (Å²) in [5, 5.41) is 0. The molecular formula is C14H24N2O. The molecule has 0 aromatic heterocycles. The normalized spacial score (nSPS) is 27.1. The summed E-state index contributed by atoms with van der Waals surface area (Å²) in [6, 6.07) is 0.736. The van der Waals surface area contributed by atoms with Crippen LogP contribution < -0.4 is 0 Å². The quantitative estimate of drug-likeness (QED) is 0.667. The second-order valence-corrected chi connectivity index (χ2v) is 5.30. The van der Waals surface area contributed by atoms with Gasteiger partial charge >= 0.3 is 0 Å². The Morgan fingerprint density at radius 2 is 2.00 bits per heavy atom. The van der Waals surface area contributed by atoms with Gasteiger partial charge in [0.1, 0.15) is 0 Å². The molecule has 0 aromatic carbocycles. The van der Waals surface area contributed by atoms with E-state index in [1.54, 1.807) is 0 Å². The molecule has 2 heterocycles. The highest BCUT2D eigenvalue weighted by Gasteiger charge is 2.27. The number of ether oxygens (including phenoxy) is 1. The topological polar surface area (TPSA) is 15.7 Å². The van der Waals surface area contributed by atoms with E-state index in [-0.39, 0.29) is 0 Å². The molecule has 0 aliphatic carbocycles. The zero-order valence-electron chi connectivity index (χ0n) is 11.1. The zero-order valence-corrected chi connectivity index (χ0v) is 11.1. The van der Waals surface area contributed by atoms with Crippen molar-refractivity contribution in [1.29, 1.82) is 0 Å². The van der Waals surface area contributed by atoms with Crippen molar-refractivity contribution in [1.82, 2.24) is 9.80 Å². The standard InChI is InChI=1S/C14H24N2O/c1-13(2)4-3-6-15-7-5-14(12-15)16-8-10-17-11-9-16/h13-14H,5-12H2,1-2H3. The van der Waals surface area contributed by atoms with Gasteiger partial charge in [-0.05, 0) is 6.42 Å². The van der Waals surface area contributed by atoms with Crippen LogP contribution in [0.4, 0.5) is 0 Å². The summed E-state index contributed by atoms with van der Waals surface area (Å²) in [5.74, 6) is 7.02. The predicted molar refractivity (Wildman–Crippen MR) is 69.9 cm³/mol. The predicted octanol–water partition coefficient (Wildman–Crippen LogP) is 1.05. The molecule has 0 radical (unpaired) electrons. The lowest BCUT2D eigenvalue weighted by Crippen LogP contribution is -2.44. The van der Waals surface area contributed by atoms with E-state index in [0.29, 0.717) is 5.92 Å². The van der Waals surface area contributed by atoms with E-state index in [1.165, 1.54) is 19.5 Å². The maximum atomic E-state index is 5.40. The smallest absolute Gasteiger partial charge is 0.0602 e. The third-order valence-electron chi connectivity index (χ3n) is 3.50. The molecule has 0 aromatic rings. The van der Waals surface area contributed by atoms with Gasteiger partial charge in [-0.3, -0.25) is 9.80 Å². The Labute approximate surface area is 105 Å². The summed E-state index contributed by atoms with van der Waals surface area (Å²) < 4.78 is 5.40. The molecule has 2 aliphatic heterocycles. The summed E-state index contributed by atoms with van der Waals surface area (Å²) in [5.41, 5.74) is 0. The van der Waals surface area contributed by atoms with Crippen molar-refractivity contribution in [2.75, 3.05) is 45.9 Å². The van der Waals surface area contributed by atoms with Crippen LogP contribution in [0.1, 0.15) is 20.3 Å². The van der Waals surface area contributed by atoms with Gasteiger partial charge in [0.25, 0.3) is 0 Å². The Morgan fingerprint density at radius 3 is 2.71 bits per heavy atom. The van der Waals surface area contributed by atoms with Crippen LogP contribution in [0.3, 0.4) is 0 Å². The molecule has 0 saturated carbocycles. The van der Waals surface area contributed by atoms with Crippen molar-refractivity contribution >= 4 is 0 Å². The van der Waals surface area contributed by atoms with Crippen LogP contribution in [0.15, 0.2) is 0 Å². The van der Waals surface area contributed by atoms with Crippen LogP contribution in [-0.4, -0.2) is 61.8 Å². The summed E-state index contributed by atoms with van der Waals surface area (Å²) in [4.78, 5) is 5.06. The number of hydrogen-bond acceptors (Lipinski definition) is 3. The fourth-order valence-corrected chi connectivity index (χ4v) is 2.56. The summed E-state index contributed by atoms with van der Waals surface area (Å²) in [6.45, 7) is 11.7. The molecule has 0 N–H and O–H groups in total. The van der Waals surface area contributed by atoms with E-state index in [2.05, 4.69) is 35.5 Å². The number of morpholine rings is 1. The third-order valence-corrected chi connectivity index (χ3v) is 3.50. The van der Waals surface area contributed by atoms with E-state index in [0.717, 1.165) is 38.9 Å². The minimum Gasteiger partial charge on any atom is -0.379 e. The minimum atomic E-state index is 0.493. The van der Waals surface area contributed by atoms with Crippen LogP contribution in [0, 0.1) is 17.8 Å². The molecule has 17 heavy (non-hydrogen) atoms. The molecule has 96 valence electrons. The Hall–Kier alpha value is -0.560. The molecule has 3 nitrogen and oxygen atoms in total. The Bertz CT molecular complexity index is 286. The van der Waals surface area contributed by atoms with E-state index < -0.39 is 0 Å². The van der Waals surface area contributed by atoms with Gasteiger partial charge in [0.05, 0.1) is 19.8 Å². The lowest BCUT2D eigenvalue weighted by Gasteiger charge is -2.32. The van der Waals surface area contributed by atoms with Gasteiger partial charge in [-0.2, -0.15) is 0 Å². The van der Waals surface area contributed by atoms with E-state index in [9.17, 15) is 0 Å². The van der Waals surface area contributed by atoms with Crippen molar-refractivity contribution in [2.24, 2.45) is 5.92 Å². The molecule has 0 bridgehead atoms. The SMILES string of the molecule is CC(C)C#CCN1CCC(N2CCOCC2)C1. The van der Waals surface area contributed by atoms with Crippen LogP contribution in [-0.2, 0) is 4.74 Å². The highest BCUT2D eigenvalue weighted by atomic mass is 16.5. The first-order valence-electron chi connectivity index (χ1n) is 6.78. The second kappa shape index (κ2) is 6.39. The van der Waals surface area contributed by atoms with E-state index >= 15 is 0 Å².